The van der Waals surface area contributed by atoms with Crippen molar-refractivity contribution in [3.8, 4) is 0 Å². The summed E-state index contributed by atoms with van der Waals surface area (Å²) in [5, 5.41) is 0. The molecule has 1 fully saturated rings. The summed E-state index contributed by atoms with van der Waals surface area (Å²) in [7, 11) is 0. The third-order valence-electron chi connectivity index (χ3n) is 3.60. The molecular weight excluding hydrogens is 232 g/mol. The molecule has 1 aromatic carbocycles. The molecule has 0 aliphatic carbocycles. The van der Waals surface area contributed by atoms with Crippen molar-refractivity contribution in [1.82, 2.24) is 4.90 Å². The molecule has 0 radical (unpaired) electrons. The van der Waals surface area contributed by atoms with Gasteiger partial charge in [-0.3, -0.25) is 0 Å². The van der Waals surface area contributed by atoms with Gasteiger partial charge in [-0.1, -0.05) is 30.3 Å². The lowest BCUT2D eigenvalue weighted by Crippen LogP contribution is -2.37. The molecule has 2 N–H and O–H groups in total. The van der Waals surface area contributed by atoms with Crippen LogP contribution in [0.5, 0.6) is 0 Å². The third kappa shape index (κ3) is 4.66. The summed E-state index contributed by atoms with van der Waals surface area (Å²) in [6, 6.07) is 10.8. The van der Waals surface area contributed by atoms with E-state index < -0.39 is 0 Å². The van der Waals surface area contributed by atoms with Crippen LogP contribution in [0.25, 0.3) is 0 Å². The molecule has 17 heavy (non-hydrogen) atoms. The van der Waals surface area contributed by atoms with Gasteiger partial charge >= 0.3 is 0 Å². The molecule has 0 spiro atoms. The number of nitrogens with two attached hydrogens (primary N) is 1. The molecule has 96 valence electrons. The SMILES string of the molecule is Cl.NCC1CCN(CCc2ccccc2)CC1. The predicted octanol–water partition coefficient (Wildman–Crippen LogP) is 2.32. The Labute approximate surface area is 111 Å². The maximum absolute atomic E-state index is 5.70. The van der Waals surface area contributed by atoms with Crippen LogP contribution in [0, 0.1) is 5.92 Å². The van der Waals surface area contributed by atoms with Gasteiger partial charge in [-0.15, -0.1) is 12.4 Å². The van der Waals surface area contributed by atoms with E-state index in [1.165, 1.54) is 44.5 Å². The van der Waals surface area contributed by atoms with Crippen molar-refractivity contribution in [3.63, 3.8) is 0 Å². The number of piperidine rings is 1. The minimum Gasteiger partial charge on any atom is -0.330 e. The second kappa shape index (κ2) is 7.70. The number of rotatable bonds is 4. The van der Waals surface area contributed by atoms with Crippen molar-refractivity contribution in [3.05, 3.63) is 35.9 Å². The zero-order valence-corrected chi connectivity index (χ0v) is 11.2. The molecule has 0 unspecified atom stereocenters. The fourth-order valence-corrected chi connectivity index (χ4v) is 2.38. The molecule has 1 heterocycles. The molecule has 2 rings (SSSR count). The van der Waals surface area contributed by atoms with Crippen LogP contribution in [0.3, 0.4) is 0 Å². The van der Waals surface area contributed by atoms with Crippen LogP contribution in [0.2, 0.25) is 0 Å². The van der Waals surface area contributed by atoms with Crippen LogP contribution in [0.4, 0.5) is 0 Å². The lowest BCUT2D eigenvalue weighted by Gasteiger charge is -2.31. The van der Waals surface area contributed by atoms with Gasteiger partial charge in [0.25, 0.3) is 0 Å². The highest BCUT2D eigenvalue weighted by Crippen LogP contribution is 2.15. The first kappa shape index (κ1) is 14.5. The summed E-state index contributed by atoms with van der Waals surface area (Å²) in [5.74, 6) is 0.771. The first-order chi connectivity index (χ1) is 7.88. The Morgan fingerprint density at radius 2 is 1.76 bits per heavy atom. The average Bonchev–Trinajstić information content (AvgIpc) is 2.38. The van der Waals surface area contributed by atoms with Crippen LogP contribution in [0.1, 0.15) is 18.4 Å². The topological polar surface area (TPSA) is 29.3 Å². The standard InChI is InChI=1S/C14H22N2.ClH/c15-12-14-7-10-16(11-8-14)9-6-13-4-2-1-3-5-13;/h1-5,14H,6-12,15H2;1H. The number of benzene rings is 1. The summed E-state index contributed by atoms with van der Waals surface area (Å²) in [5.41, 5.74) is 7.14. The van der Waals surface area contributed by atoms with Crippen LogP contribution in [-0.2, 0) is 6.42 Å². The number of nitrogens with zero attached hydrogens (tertiary/aromatic N) is 1. The highest BCUT2D eigenvalue weighted by molar-refractivity contribution is 5.85. The van der Waals surface area contributed by atoms with Gasteiger partial charge in [-0.05, 0) is 50.4 Å². The summed E-state index contributed by atoms with van der Waals surface area (Å²) in [6.45, 7) is 4.53. The molecule has 1 aliphatic heterocycles. The van der Waals surface area contributed by atoms with Crippen molar-refractivity contribution in [1.29, 1.82) is 0 Å². The van der Waals surface area contributed by atoms with E-state index >= 15 is 0 Å². The second-order valence-electron chi connectivity index (χ2n) is 4.76. The first-order valence-electron chi connectivity index (χ1n) is 6.35. The minimum atomic E-state index is 0. The van der Waals surface area contributed by atoms with Crippen LogP contribution < -0.4 is 5.73 Å². The Balaban J connectivity index is 0.00000144. The summed E-state index contributed by atoms with van der Waals surface area (Å²) >= 11 is 0. The maximum atomic E-state index is 5.70. The zero-order chi connectivity index (χ0) is 11.2. The van der Waals surface area contributed by atoms with Gasteiger partial charge in [0.2, 0.25) is 0 Å². The van der Waals surface area contributed by atoms with E-state index in [2.05, 4.69) is 35.2 Å². The van der Waals surface area contributed by atoms with Gasteiger partial charge in [0.15, 0.2) is 0 Å². The van der Waals surface area contributed by atoms with Crippen molar-refractivity contribution >= 4 is 12.4 Å². The Morgan fingerprint density at radius 3 is 2.35 bits per heavy atom. The Hall–Kier alpha value is -0.570. The van der Waals surface area contributed by atoms with Gasteiger partial charge in [-0.2, -0.15) is 0 Å². The number of hydrogen-bond acceptors (Lipinski definition) is 2. The first-order valence-corrected chi connectivity index (χ1v) is 6.35. The molecule has 1 aromatic rings. The quantitative estimate of drug-likeness (QED) is 0.894. The van der Waals surface area contributed by atoms with Gasteiger partial charge in [-0.25, -0.2) is 0 Å². The van der Waals surface area contributed by atoms with Crippen molar-refractivity contribution < 1.29 is 0 Å². The van der Waals surface area contributed by atoms with E-state index in [0.717, 1.165) is 12.5 Å². The monoisotopic (exact) mass is 254 g/mol. The molecule has 0 bridgehead atoms. The number of likely N-dealkylation sites (tertiary alicyclic amines) is 1. The Bertz CT molecular complexity index is 294. The molecule has 0 amide bonds. The summed E-state index contributed by atoms with van der Waals surface area (Å²) < 4.78 is 0. The third-order valence-corrected chi connectivity index (χ3v) is 3.60. The van der Waals surface area contributed by atoms with E-state index in [0.29, 0.717) is 0 Å². The fourth-order valence-electron chi connectivity index (χ4n) is 2.38. The van der Waals surface area contributed by atoms with E-state index in [1.807, 2.05) is 0 Å². The summed E-state index contributed by atoms with van der Waals surface area (Å²) in [4.78, 5) is 2.57. The molecule has 2 nitrogen and oxygen atoms in total. The number of halogens is 1. The molecule has 0 atom stereocenters. The largest absolute Gasteiger partial charge is 0.330 e. The van der Waals surface area contributed by atoms with E-state index in [4.69, 9.17) is 5.73 Å². The van der Waals surface area contributed by atoms with Crippen LogP contribution in [0.15, 0.2) is 30.3 Å². The Kier molecular flexibility index (Phi) is 6.56. The van der Waals surface area contributed by atoms with E-state index in [9.17, 15) is 0 Å². The van der Waals surface area contributed by atoms with E-state index in [-0.39, 0.29) is 12.4 Å². The highest BCUT2D eigenvalue weighted by atomic mass is 35.5. The van der Waals surface area contributed by atoms with Crippen LogP contribution >= 0.6 is 12.4 Å². The fraction of sp³-hybridized carbons (Fsp3) is 0.571. The molecule has 1 saturated heterocycles. The lowest BCUT2D eigenvalue weighted by atomic mass is 9.97. The number of hydrogen-bond donors (Lipinski definition) is 1. The zero-order valence-electron chi connectivity index (χ0n) is 10.3. The highest BCUT2D eigenvalue weighted by Gasteiger charge is 2.17. The molecule has 3 heteroatoms. The van der Waals surface area contributed by atoms with Crippen molar-refractivity contribution in [2.45, 2.75) is 19.3 Å². The van der Waals surface area contributed by atoms with Crippen molar-refractivity contribution in [2.75, 3.05) is 26.2 Å². The molecular formula is C14H23ClN2. The predicted molar refractivity (Wildman–Crippen MR) is 75.6 cm³/mol. The second-order valence-corrected chi connectivity index (χ2v) is 4.76. The van der Waals surface area contributed by atoms with Crippen molar-refractivity contribution in [2.24, 2.45) is 11.7 Å². The van der Waals surface area contributed by atoms with Gasteiger partial charge in [0.05, 0.1) is 0 Å². The maximum Gasteiger partial charge on any atom is 0.00218 e. The van der Waals surface area contributed by atoms with Gasteiger partial charge in [0, 0.05) is 6.54 Å². The molecule has 0 aromatic heterocycles. The smallest absolute Gasteiger partial charge is 0.00218 e. The summed E-state index contributed by atoms with van der Waals surface area (Å²) in [6.07, 6.45) is 3.74. The average molecular weight is 255 g/mol. The van der Waals surface area contributed by atoms with Crippen LogP contribution in [-0.4, -0.2) is 31.1 Å². The molecule has 1 aliphatic rings. The Morgan fingerprint density at radius 1 is 1.12 bits per heavy atom. The van der Waals surface area contributed by atoms with Gasteiger partial charge < -0.3 is 10.6 Å². The lowest BCUT2D eigenvalue weighted by molar-refractivity contribution is 0.189. The van der Waals surface area contributed by atoms with E-state index in [1.54, 1.807) is 0 Å². The van der Waals surface area contributed by atoms with Gasteiger partial charge in [0.1, 0.15) is 0 Å². The normalized spacial score (nSPS) is 17.7. The molecule has 0 saturated carbocycles. The minimum absolute atomic E-state index is 0.